The van der Waals surface area contributed by atoms with Gasteiger partial charge in [-0.1, -0.05) is 25.1 Å². The van der Waals surface area contributed by atoms with E-state index in [1.165, 1.54) is 0 Å². The summed E-state index contributed by atoms with van der Waals surface area (Å²) in [5.74, 6) is -1.13. The van der Waals surface area contributed by atoms with Gasteiger partial charge in [-0.3, -0.25) is 0 Å². The Morgan fingerprint density at radius 3 is 2.67 bits per heavy atom. The smallest absolute Gasteiger partial charge is 0.358 e. The molecule has 6 nitrogen and oxygen atoms in total. The van der Waals surface area contributed by atoms with Crippen LogP contribution in [-0.2, 0) is 0 Å². The third kappa shape index (κ3) is 3.11. The molecule has 6 heteroatoms. The monoisotopic (exact) mass is 289 g/mol. The molecule has 0 spiro atoms. The highest BCUT2D eigenvalue weighted by molar-refractivity contribution is 6.02. The summed E-state index contributed by atoms with van der Waals surface area (Å²) in [6.45, 7) is 3.96. The summed E-state index contributed by atoms with van der Waals surface area (Å²) in [6, 6.07) is 7.26. The Kier molecular flexibility index (Phi) is 4.37. The third-order valence-electron chi connectivity index (χ3n) is 3.74. The summed E-state index contributed by atoms with van der Waals surface area (Å²) < 4.78 is 0. The van der Waals surface area contributed by atoms with Crippen molar-refractivity contribution in [3.63, 3.8) is 0 Å². The number of aliphatic hydroxyl groups excluding tert-OH is 1. The summed E-state index contributed by atoms with van der Waals surface area (Å²) >= 11 is 0. The SMILES string of the molecule is CCC(C)(CCO)Nc1c(C(=O)O)nnc2ccccc12. The zero-order valence-corrected chi connectivity index (χ0v) is 12.1. The van der Waals surface area contributed by atoms with Crippen molar-refractivity contribution >= 4 is 22.6 Å². The van der Waals surface area contributed by atoms with Gasteiger partial charge in [-0.05, 0) is 25.8 Å². The van der Waals surface area contributed by atoms with E-state index in [4.69, 9.17) is 0 Å². The fraction of sp³-hybridized carbons (Fsp3) is 0.400. The summed E-state index contributed by atoms with van der Waals surface area (Å²) in [5.41, 5.74) is 0.565. The minimum Gasteiger partial charge on any atom is -0.476 e. The number of benzene rings is 1. The maximum absolute atomic E-state index is 11.4. The molecule has 1 aromatic carbocycles. The first-order valence-corrected chi connectivity index (χ1v) is 6.88. The number of carbonyl (C=O) groups is 1. The van der Waals surface area contributed by atoms with Gasteiger partial charge in [0.15, 0.2) is 5.69 Å². The molecule has 2 aromatic rings. The molecule has 1 aromatic heterocycles. The van der Waals surface area contributed by atoms with Crippen LogP contribution in [0.15, 0.2) is 24.3 Å². The van der Waals surface area contributed by atoms with Crippen LogP contribution in [0, 0.1) is 0 Å². The molecule has 1 heterocycles. The molecule has 0 aliphatic carbocycles. The highest BCUT2D eigenvalue weighted by atomic mass is 16.4. The third-order valence-corrected chi connectivity index (χ3v) is 3.74. The average Bonchev–Trinajstić information content (AvgIpc) is 2.47. The van der Waals surface area contributed by atoms with Crippen molar-refractivity contribution in [1.29, 1.82) is 0 Å². The molecule has 0 aliphatic heterocycles. The van der Waals surface area contributed by atoms with Gasteiger partial charge < -0.3 is 15.5 Å². The van der Waals surface area contributed by atoms with Crippen molar-refractivity contribution in [1.82, 2.24) is 10.2 Å². The van der Waals surface area contributed by atoms with Gasteiger partial charge in [0, 0.05) is 17.5 Å². The van der Waals surface area contributed by atoms with Gasteiger partial charge in [0.05, 0.1) is 11.2 Å². The summed E-state index contributed by atoms with van der Waals surface area (Å²) in [4.78, 5) is 11.4. The molecule has 0 aliphatic rings. The molecule has 0 radical (unpaired) electrons. The topological polar surface area (TPSA) is 95.3 Å². The number of aromatic nitrogens is 2. The Morgan fingerprint density at radius 2 is 2.05 bits per heavy atom. The first-order valence-electron chi connectivity index (χ1n) is 6.88. The molecule has 0 saturated heterocycles. The molecule has 0 amide bonds. The van der Waals surface area contributed by atoms with E-state index in [0.717, 1.165) is 6.42 Å². The van der Waals surface area contributed by atoms with Crippen molar-refractivity contribution in [2.24, 2.45) is 0 Å². The van der Waals surface area contributed by atoms with Crippen LogP contribution in [0.1, 0.15) is 37.2 Å². The van der Waals surface area contributed by atoms with Gasteiger partial charge >= 0.3 is 5.97 Å². The van der Waals surface area contributed by atoms with Crippen LogP contribution in [-0.4, -0.2) is 38.5 Å². The highest BCUT2D eigenvalue weighted by Gasteiger charge is 2.26. The first kappa shape index (κ1) is 15.2. The lowest BCUT2D eigenvalue weighted by Crippen LogP contribution is -2.36. The van der Waals surface area contributed by atoms with Crippen LogP contribution in [0.4, 0.5) is 5.69 Å². The highest BCUT2D eigenvalue weighted by Crippen LogP contribution is 2.29. The molecule has 3 N–H and O–H groups in total. The maximum Gasteiger partial charge on any atom is 0.358 e. The van der Waals surface area contributed by atoms with Gasteiger partial charge in [0.2, 0.25) is 0 Å². The van der Waals surface area contributed by atoms with E-state index in [9.17, 15) is 15.0 Å². The average molecular weight is 289 g/mol. The number of hydrogen-bond acceptors (Lipinski definition) is 5. The van der Waals surface area contributed by atoms with E-state index in [1.807, 2.05) is 32.0 Å². The molecular formula is C15H19N3O3. The van der Waals surface area contributed by atoms with Gasteiger partial charge in [0.25, 0.3) is 0 Å². The number of fused-ring (bicyclic) bond motifs is 1. The van der Waals surface area contributed by atoms with E-state index >= 15 is 0 Å². The number of carboxylic acids is 1. The van der Waals surface area contributed by atoms with Crippen LogP contribution in [0.2, 0.25) is 0 Å². The molecular weight excluding hydrogens is 270 g/mol. The molecule has 0 fully saturated rings. The first-order chi connectivity index (χ1) is 10.0. The molecule has 0 saturated carbocycles. The van der Waals surface area contributed by atoms with Crippen molar-refractivity contribution in [2.45, 2.75) is 32.2 Å². The van der Waals surface area contributed by atoms with Crippen molar-refractivity contribution in [2.75, 3.05) is 11.9 Å². The number of aliphatic hydroxyl groups is 1. The van der Waals surface area contributed by atoms with Crippen LogP contribution >= 0.6 is 0 Å². The number of anilines is 1. The molecule has 2 rings (SSSR count). The number of rotatable bonds is 6. The van der Waals surface area contributed by atoms with Gasteiger partial charge in [-0.25, -0.2) is 4.79 Å². The second kappa shape index (κ2) is 6.05. The number of carboxylic acid groups (broad SMARTS) is 1. The Bertz CT molecular complexity index is 660. The van der Waals surface area contributed by atoms with Crippen LogP contribution in [0.3, 0.4) is 0 Å². The van der Waals surface area contributed by atoms with Crippen molar-refractivity contribution in [3.05, 3.63) is 30.0 Å². The molecule has 1 atom stereocenters. The minimum absolute atomic E-state index is 0.0240. The van der Waals surface area contributed by atoms with E-state index in [0.29, 0.717) is 23.0 Å². The minimum atomic E-state index is -1.13. The summed E-state index contributed by atoms with van der Waals surface area (Å²) in [6.07, 6.45) is 1.25. The normalized spacial score (nSPS) is 13.9. The summed E-state index contributed by atoms with van der Waals surface area (Å²) in [7, 11) is 0. The van der Waals surface area contributed by atoms with Crippen LogP contribution < -0.4 is 5.32 Å². The van der Waals surface area contributed by atoms with Crippen molar-refractivity contribution < 1.29 is 15.0 Å². The van der Waals surface area contributed by atoms with Gasteiger partial charge in [0.1, 0.15) is 0 Å². The molecule has 0 bridgehead atoms. The Hall–Kier alpha value is -2.21. The van der Waals surface area contributed by atoms with E-state index in [2.05, 4.69) is 15.5 Å². The van der Waals surface area contributed by atoms with E-state index < -0.39 is 11.5 Å². The Balaban J connectivity index is 2.59. The second-order valence-corrected chi connectivity index (χ2v) is 5.26. The fourth-order valence-electron chi connectivity index (χ4n) is 2.21. The largest absolute Gasteiger partial charge is 0.476 e. The van der Waals surface area contributed by atoms with Gasteiger partial charge in [-0.2, -0.15) is 0 Å². The molecule has 21 heavy (non-hydrogen) atoms. The quantitative estimate of drug-likeness (QED) is 0.755. The molecule has 1 unspecified atom stereocenters. The lowest BCUT2D eigenvalue weighted by atomic mass is 9.94. The number of aromatic carboxylic acids is 1. The van der Waals surface area contributed by atoms with Crippen molar-refractivity contribution in [3.8, 4) is 0 Å². The number of nitrogens with one attached hydrogen (secondary N) is 1. The number of hydrogen-bond donors (Lipinski definition) is 3. The number of nitrogens with zero attached hydrogens (tertiary/aromatic N) is 2. The van der Waals surface area contributed by atoms with Gasteiger partial charge in [-0.15, -0.1) is 10.2 Å². The predicted molar refractivity (Wildman–Crippen MR) is 80.5 cm³/mol. The fourth-order valence-corrected chi connectivity index (χ4v) is 2.21. The second-order valence-electron chi connectivity index (χ2n) is 5.26. The summed E-state index contributed by atoms with van der Waals surface area (Å²) in [5, 5.41) is 30.3. The maximum atomic E-state index is 11.4. The Morgan fingerprint density at radius 1 is 1.33 bits per heavy atom. The lowest BCUT2D eigenvalue weighted by Gasteiger charge is -2.31. The van der Waals surface area contributed by atoms with E-state index in [-0.39, 0.29) is 12.3 Å². The van der Waals surface area contributed by atoms with Crippen LogP contribution in [0.5, 0.6) is 0 Å². The van der Waals surface area contributed by atoms with E-state index in [1.54, 1.807) is 6.07 Å². The lowest BCUT2D eigenvalue weighted by molar-refractivity contribution is 0.0690. The standard InChI is InChI=1S/C15H19N3O3/c1-3-15(2,8-9-19)16-12-10-6-4-5-7-11(10)17-18-13(12)14(20)21/h4-7,19H,3,8-9H2,1-2H3,(H,16,17)(H,20,21). The Labute approximate surface area is 122 Å². The van der Waals surface area contributed by atoms with Crippen LogP contribution in [0.25, 0.3) is 10.9 Å². The predicted octanol–water partition coefficient (Wildman–Crippen LogP) is 2.29. The molecule has 112 valence electrons. The zero-order chi connectivity index (χ0) is 15.5. The zero-order valence-electron chi connectivity index (χ0n) is 12.1.